The molecular weight excluding hydrogens is 348 g/mol. The van der Waals surface area contributed by atoms with Crippen molar-refractivity contribution >= 4 is 21.4 Å². The van der Waals surface area contributed by atoms with Gasteiger partial charge >= 0.3 is 0 Å². The van der Waals surface area contributed by atoms with E-state index in [-0.39, 0.29) is 11.4 Å². The van der Waals surface area contributed by atoms with Crippen LogP contribution in [0, 0.1) is 0 Å². The van der Waals surface area contributed by atoms with Crippen molar-refractivity contribution in [2.75, 3.05) is 6.61 Å². The SMILES string of the molecule is CCOc1ccccc1S(=O)(=O)NCc1cn(-c2ccsc2)nn1. The monoisotopic (exact) mass is 364 g/mol. The van der Waals surface area contributed by atoms with Gasteiger partial charge in [-0.15, -0.1) is 5.10 Å². The summed E-state index contributed by atoms with van der Waals surface area (Å²) in [6.45, 7) is 2.24. The van der Waals surface area contributed by atoms with Crippen LogP contribution < -0.4 is 9.46 Å². The molecule has 0 atom stereocenters. The maximum absolute atomic E-state index is 12.5. The van der Waals surface area contributed by atoms with Crippen molar-refractivity contribution in [3.8, 4) is 11.4 Å². The molecule has 3 rings (SSSR count). The smallest absolute Gasteiger partial charge is 0.244 e. The third kappa shape index (κ3) is 3.64. The molecule has 1 N–H and O–H groups in total. The van der Waals surface area contributed by atoms with E-state index >= 15 is 0 Å². The van der Waals surface area contributed by atoms with Gasteiger partial charge in [-0.3, -0.25) is 0 Å². The molecule has 0 radical (unpaired) electrons. The summed E-state index contributed by atoms with van der Waals surface area (Å²) in [6, 6.07) is 8.44. The quantitative estimate of drug-likeness (QED) is 0.695. The van der Waals surface area contributed by atoms with E-state index in [4.69, 9.17) is 4.74 Å². The second kappa shape index (κ2) is 7.12. The van der Waals surface area contributed by atoms with E-state index in [2.05, 4.69) is 15.0 Å². The van der Waals surface area contributed by atoms with Gasteiger partial charge in [0.25, 0.3) is 0 Å². The first-order chi connectivity index (χ1) is 11.6. The Kier molecular flexibility index (Phi) is 4.93. The van der Waals surface area contributed by atoms with Crippen LogP contribution in [0.2, 0.25) is 0 Å². The van der Waals surface area contributed by atoms with Gasteiger partial charge in [0.15, 0.2) is 0 Å². The molecule has 9 heteroatoms. The topological polar surface area (TPSA) is 86.1 Å². The van der Waals surface area contributed by atoms with Gasteiger partial charge in [0.05, 0.1) is 30.7 Å². The number of benzene rings is 1. The van der Waals surface area contributed by atoms with E-state index in [1.165, 1.54) is 6.07 Å². The van der Waals surface area contributed by atoms with Gasteiger partial charge in [0.1, 0.15) is 10.6 Å². The van der Waals surface area contributed by atoms with E-state index < -0.39 is 10.0 Å². The Bertz CT molecular complexity index is 904. The van der Waals surface area contributed by atoms with Crippen LogP contribution in [0.5, 0.6) is 5.75 Å². The summed E-state index contributed by atoms with van der Waals surface area (Å²) in [7, 11) is -3.71. The second-order valence-corrected chi connectivity index (χ2v) is 7.36. The van der Waals surface area contributed by atoms with E-state index in [0.29, 0.717) is 18.1 Å². The van der Waals surface area contributed by atoms with Crippen LogP contribution in [0.1, 0.15) is 12.6 Å². The molecule has 0 aliphatic rings. The summed E-state index contributed by atoms with van der Waals surface area (Å²) in [6.07, 6.45) is 1.69. The van der Waals surface area contributed by atoms with Crippen molar-refractivity contribution in [1.29, 1.82) is 0 Å². The summed E-state index contributed by atoms with van der Waals surface area (Å²) in [4.78, 5) is 0.108. The largest absolute Gasteiger partial charge is 0.492 e. The van der Waals surface area contributed by atoms with E-state index in [1.54, 1.807) is 47.3 Å². The Balaban J connectivity index is 1.74. The summed E-state index contributed by atoms with van der Waals surface area (Å²) in [5.74, 6) is 0.328. The summed E-state index contributed by atoms with van der Waals surface area (Å²) >= 11 is 1.55. The molecule has 0 aliphatic heterocycles. The van der Waals surface area contributed by atoms with Crippen LogP contribution >= 0.6 is 11.3 Å². The van der Waals surface area contributed by atoms with Crippen molar-refractivity contribution in [3.63, 3.8) is 0 Å². The summed E-state index contributed by atoms with van der Waals surface area (Å²) in [5, 5.41) is 11.8. The van der Waals surface area contributed by atoms with Crippen molar-refractivity contribution in [1.82, 2.24) is 19.7 Å². The first-order valence-electron chi connectivity index (χ1n) is 7.25. The fourth-order valence-electron chi connectivity index (χ4n) is 2.09. The second-order valence-electron chi connectivity index (χ2n) is 4.84. The number of thiophene rings is 1. The zero-order valence-electron chi connectivity index (χ0n) is 12.9. The highest BCUT2D eigenvalue weighted by atomic mass is 32.2. The third-order valence-electron chi connectivity index (χ3n) is 3.19. The normalized spacial score (nSPS) is 11.5. The molecule has 0 saturated heterocycles. The Morgan fingerprint density at radius 2 is 2.12 bits per heavy atom. The third-order valence-corrected chi connectivity index (χ3v) is 5.30. The van der Waals surface area contributed by atoms with Crippen molar-refractivity contribution in [3.05, 3.63) is 53.0 Å². The number of ether oxygens (including phenoxy) is 1. The van der Waals surface area contributed by atoms with E-state index in [0.717, 1.165) is 5.69 Å². The lowest BCUT2D eigenvalue weighted by Crippen LogP contribution is -2.24. The molecule has 1 aromatic carbocycles. The zero-order valence-corrected chi connectivity index (χ0v) is 14.5. The van der Waals surface area contributed by atoms with Crippen molar-refractivity contribution in [2.45, 2.75) is 18.4 Å². The zero-order chi connectivity index (χ0) is 17.0. The number of hydrogen-bond acceptors (Lipinski definition) is 6. The van der Waals surface area contributed by atoms with Crippen LogP contribution in [0.4, 0.5) is 0 Å². The van der Waals surface area contributed by atoms with E-state index in [9.17, 15) is 8.42 Å². The average Bonchev–Trinajstić information content (AvgIpc) is 3.25. The molecular formula is C15H16N4O3S2. The number of hydrogen-bond donors (Lipinski definition) is 1. The molecule has 2 aromatic heterocycles. The minimum Gasteiger partial charge on any atom is -0.492 e. The average molecular weight is 364 g/mol. The molecule has 0 bridgehead atoms. The Morgan fingerprint density at radius 1 is 1.29 bits per heavy atom. The van der Waals surface area contributed by atoms with Gasteiger partial charge in [-0.25, -0.2) is 17.8 Å². The maximum atomic E-state index is 12.5. The molecule has 126 valence electrons. The Labute approximate surface area is 144 Å². The molecule has 0 aliphatic carbocycles. The van der Waals surface area contributed by atoms with Gasteiger partial charge < -0.3 is 4.74 Å². The highest BCUT2D eigenvalue weighted by Gasteiger charge is 2.19. The lowest BCUT2D eigenvalue weighted by atomic mass is 10.3. The minimum absolute atomic E-state index is 0.0485. The molecule has 0 unspecified atom stereocenters. The highest BCUT2D eigenvalue weighted by molar-refractivity contribution is 7.89. The summed E-state index contributed by atoms with van der Waals surface area (Å²) < 4.78 is 34.5. The lowest BCUT2D eigenvalue weighted by molar-refractivity contribution is 0.331. The van der Waals surface area contributed by atoms with Crippen LogP contribution in [0.25, 0.3) is 5.69 Å². The summed E-state index contributed by atoms with van der Waals surface area (Å²) in [5.41, 5.74) is 1.42. The predicted octanol–water partition coefficient (Wildman–Crippen LogP) is 2.21. The number of para-hydroxylation sites is 1. The molecule has 0 saturated carbocycles. The van der Waals surface area contributed by atoms with Crippen LogP contribution in [0.3, 0.4) is 0 Å². The molecule has 24 heavy (non-hydrogen) atoms. The van der Waals surface area contributed by atoms with E-state index in [1.807, 2.05) is 16.8 Å². The first-order valence-corrected chi connectivity index (χ1v) is 9.68. The number of nitrogens with zero attached hydrogens (tertiary/aromatic N) is 3. The van der Waals surface area contributed by atoms with Crippen molar-refractivity contribution in [2.24, 2.45) is 0 Å². The van der Waals surface area contributed by atoms with Crippen molar-refractivity contribution < 1.29 is 13.2 Å². The standard InChI is InChI=1S/C15H16N4O3S2/c1-2-22-14-5-3-4-6-15(14)24(20,21)16-9-12-10-19(18-17-12)13-7-8-23-11-13/h3-8,10-11,16H,2,9H2,1H3. The predicted molar refractivity (Wildman–Crippen MR) is 90.9 cm³/mol. The molecule has 7 nitrogen and oxygen atoms in total. The van der Waals surface area contributed by atoms with Crippen LogP contribution in [0.15, 0.2) is 52.2 Å². The number of rotatable bonds is 7. The maximum Gasteiger partial charge on any atom is 0.244 e. The molecule has 2 heterocycles. The van der Waals surface area contributed by atoms with Crippen LogP contribution in [-0.2, 0) is 16.6 Å². The lowest BCUT2D eigenvalue weighted by Gasteiger charge is -2.10. The Morgan fingerprint density at radius 3 is 2.88 bits per heavy atom. The van der Waals surface area contributed by atoms with Gasteiger partial charge in [-0.1, -0.05) is 17.3 Å². The van der Waals surface area contributed by atoms with Gasteiger partial charge in [-0.2, -0.15) is 11.3 Å². The van der Waals surface area contributed by atoms with Gasteiger partial charge in [0, 0.05) is 5.38 Å². The Hall–Kier alpha value is -2.23. The fourth-order valence-corrected chi connectivity index (χ4v) is 3.85. The van der Waals surface area contributed by atoms with Gasteiger partial charge in [0.2, 0.25) is 10.0 Å². The molecule has 0 spiro atoms. The molecule has 0 amide bonds. The molecule has 3 aromatic rings. The van der Waals surface area contributed by atoms with Gasteiger partial charge in [-0.05, 0) is 30.5 Å². The fraction of sp³-hybridized carbons (Fsp3) is 0.200. The van der Waals surface area contributed by atoms with Crippen LogP contribution in [-0.4, -0.2) is 30.0 Å². The highest BCUT2D eigenvalue weighted by Crippen LogP contribution is 2.23. The number of aromatic nitrogens is 3. The number of sulfonamides is 1. The number of nitrogens with one attached hydrogen (secondary N) is 1. The molecule has 0 fully saturated rings. The first kappa shape index (κ1) is 16.6. The minimum atomic E-state index is -3.71.